The Kier molecular flexibility index (Phi) is 9.10. The molecule has 12 heteroatoms. The number of ketones is 1. The maximum absolute atomic E-state index is 14.7. The van der Waals surface area contributed by atoms with Crippen LogP contribution in [0.1, 0.15) is 15.9 Å². The van der Waals surface area contributed by atoms with Crippen molar-refractivity contribution in [1.29, 1.82) is 0 Å². The molecule has 2 amide bonds. The zero-order valence-corrected chi connectivity index (χ0v) is 25.2. The van der Waals surface area contributed by atoms with Gasteiger partial charge in [-0.15, -0.1) is 12.4 Å². The summed E-state index contributed by atoms with van der Waals surface area (Å²) in [6, 6.07) is 18.4. The van der Waals surface area contributed by atoms with Crippen LogP contribution in [-0.4, -0.2) is 59.5 Å². The number of nitrogens with one attached hydrogen (secondary N) is 1. The first-order valence-corrected chi connectivity index (χ1v) is 14.1. The molecule has 1 fully saturated rings. The van der Waals surface area contributed by atoms with Crippen molar-refractivity contribution >= 4 is 68.9 Å². The van der Waals surface area contributed by atoms with Gasteiger partial charge in [-0.3, -0.25) is 19.3 Å². The quantitative estimate of drug-likeness (QED) is 0.262. The van der Waals surface area contributed by atoms with E-state index in [1.807, 2.05) is 36.4 Å². The fourth-order valence-corrected chi connectivity index (χ4v) is 5.71. The molecule has 4 aromatic rings. The van der Waals surface area contributed by atoms with Gasteiger partial charge in [0.25, 0.3) is 17.6 Å². The number of carbonyl (C=O) groups is 3. The van der Waals surface area contributed by atoms with Gasteiger partial charge in [-0.1, -0.05) is 51.8 Å². The first kappa shape index (κ1) is 29.9. The maximum Gasteiger partial charge on any atom is 0.300 e. The molecule has 1 N–H and O–H groups in total. The zero-order chi connectivity index (χ0) is 28.5. The number of benzene rings is 3. The van der Waals surface area contributed by atoms with Crippen molar-refractivity contribution in [1.82, 2.24) is 9.97 Å². The standard InChI is InChI=1S/C30H24BrClN4O5.ClH/c31-20-6-9-25-23(13-20)28(37)30(39)36(25)27(26-16-40-10-11-41-26)29(38)35(15-18-2-1-3-21(32)12-18)22-7-4-19(5-8-22)24-14-33-17-34-24;/h1-9,12-14,17,26-27H,10-11,15-16H2,(H,33,34);1H. The van der Waals surface area contributed by atoms with Crippen LogP contribution in [0.2, 0.25) is 5.02 Å². The molecule has 6 rings (SSSR count). The van der Waals surface area contributed by atoms with Crippen LogP contribution in [0.4, 0.5) is 11.4 Å². The lowest BCUT2D eigenvalue weighted by Crippen LogP contribution is -2.59. The highest BCUT2D eigenvalue weighted by molar-refractivity contribution is 9.10. The predicted molar refractivity (Wildman–Crippen MR) is 164 cm³/mol. The van der Waals surface area contributed by atoms with Crippen molar-refractivity contribution in [3.05, 3.63) is 99.9 Å². The lowest BCUT2D eigenvalue weighted by atomic mass is 10.0. The summed E-state index contributed by atoms with van der Waals surface area (Å²) in [6.07, 6.45) is 2.58. The van der Waals surface area contributed by atoms with Crippen LogP contribution in [-0.2, 0) is 25.6 Å². The number of rotatable bonds is 7. The van der Waals surface area contributed by atoms with E-state index >= 15 is 0 Å². The van der Waals surface area contributed by atoms with Crippen molar-refractivity contribution in [3.63, 3.8) is 0 Å². The summed E-state index contributed by atoms with van der Waals surface area (Å²) in [7, 11) is 0. The number of halogens is 3. The number of hydrogen-bond donors (Lipinski definition) is 1. The lowest BCUT2D eigenvalue weighted by Gasteiger charge is -2.38. The molecule has 2 unspecified atom stereocenters. The molecule has 1 saturated heterocycles. The highest BCUT2D eigenvalue weighted by atomic mass is 79.9. The second-order valence-corrected chi connectivity index (χ2v) is 11.0. The van der Waals surface area contributed by atoms with Crippen LogP contribution < -0.4 is 9.80 Å². The van der Waals surface area contributed by atoms with Gasteiger partial charge in [-0.05, 0) is 48.0 Å². The normalized spacial score (nSPS) is 17.0. The van der Waals surface area contributed by atoms with Crippen LogP contribution in [0.25, 0.3) is 11.3 Å². The highest BCUT2D eigenvalue weighted by Gasteiger charge is 2.48. The molecular weight excluding hydrogens is 647 g/mol. The van der Waals surface area contributed by atoms with Crippen LogP contribution in [0.5, 0.6) is 0 Å². The van der Waals surface area contributed by atoms with Gasteiger partial charge in [0.2, 0.25) is 0 Å². The van der Waals surface area contributed by atoms with E-state index in [0.717, 1.165) is 16.8 Å². The Morgan fingerprint density at radius 2 is 1.93 bits per heavy atom. The summed E-state index contributed by atoms with van der Waals surface area (Å²) in [5.74, 6) is -1.90. The Morgan fingerprint density at radius 3 is 2.62 bits per heavy atom. The largest absolute Gasteiger partial charge is 0.376 e. The van der Waals surface area contributed by atoms with E-state index < -0.39 is 29.7 Å². The Hall–Kier alpha value is -3.54. The molecule has 0 bridgehead atoms. The zero-order valence-electron chi connectivity index (χ0n) is 22.0. The SMILES string of the molecule is Cl.O=C1C(=O)N(C(C(=O)N(Cc2cccc(Cl)c2)c2ccc(-c3c[nH]cn3)cc2)C2COCCO2)c2ccc(Br)cc21. The summed E-state index contributed by atoms with van der Waals surface area (Å²) in [6.45, 7) is 0.872. The molecule has 0 aliphatic carbocycles. The fraction of sp³-hybridized carbons (Fsp3) is 0.200. The van der Waals surface area contributed by atoms with E-state index in [-0.39, 0.29) is 37.7 Å². The number of anilines is 2. The van der Waals surface area contributed by atoms with Crippen LogP contribution in [0.3, 0.4) is 0 Å². The van der Waals surface area contributed by atoms with Gasteiger partial charge in [-0.25, -0.2) is 4.98 Å². The van der Waals surface area contributed by atoms with Crippen LogP contribution in [0, 0.1) is 0 Å². The predicted octanol–water partition coefficient (Wildman–Crippen LogP) is 5.46. The monoisotopic (exact) mass is 670 g/mol. The van der Waals surface area contributed by atoms with E-state index in [2.05, 4.69) is 25.9 Å². The molecule has 1 aromatic heterocycles. The minimum absolute atomic E-state index is 0. The molecule has 0 radical (unpaired) electrons. The van der Waals surface area contributed by atoms with Gasteiger partial charge < -0.3 is 19.4 Å². The number of aromatic nitrogens is 2. The average Bonchev–Trinajstić information content (AvgIpc) is 3.61. The highest BCUT2D eigenvalue weighted by Crippen LogP contribution is 2.36. The van der Waals surface area contributed by atoms with Crippen molar-refractivity contribution in [3.8, 4) is 11.3 Å². The molecule has 2 atom stereocenters. The number of ether oxygens (including phenoxy) is 2. The van der Waals surface area contributed by atoms with Crippen molar-refractivity contribution < 1.29 is 23.9 Å². The number of hydrogen-bond acceptors (Lipinski definition) is 6. The molecule has 9 nitrogen and oxygen atoms in total. The first-order valence-electron chi connectivity index (χ1n) is 12.9. The molecule has 3 heterocycles. The maximum atomic E-state index is 14.7. The second-order valence-electron chi connectivity index (χ2n) is 9.65. The van der Waals surface area contributed by atoms with Gasteiger partial charge in [0.15, 0.2) is 0 Å². The number of fused-ring (bicyclic) bond motifs is 1. The summed E-state index contributed by atoms with van der Waals surface area (Å²) in [4.78, 5) is 51.3. The number of Topliss-reactive ketones (excluding diaryl/α,β-unsaturated/α-hetero) is 1. The van der Waals surface area contributed by atoms with Crippen LogP contribution in [0.15, 0.2) is 83.7 Å². The number of imidazole rings is 1. The molecular formula is C30H25BrCl2N4O5. The smallest absolute Gasteiger partial charge is 0.300 e. The summed E-state index contributed by atoms with van der Waals surface area (Å²) < 4.78 is 12.3. The molecule has 2 aliphatic heterocycles. The first-order chi connectivity index (χ1) is 19.9. The van der Waals surface area contributed by atoms with Crippen molar-refractivity contribution in [2.75, 3.05) is 29.6 Å². The minimum Gasteiger partial charge on any atom is -0.376 e. The molecule has 42 heavy (non-hydrogen) atoms. The molecule has 216 valence electrons. The summed E-state index contributed by atoms with van der Waals surface area (Å²) >= 11 is 9.65. The number of aromatic amines is 1. The minimum atomic E-state index is -1.17. The van der Waals surface area contributed by atoms with E-state index in [1.165, 1.54) is 4.90 Å². The average molecular weight is 672 g/mol. The van der Waals surface area contributed by atoms with E-state index in [0.29, 0.717) is 27.5 Å². The van der Waals surface area contributed by atoms with Gasteiger partial charge in [0, 0.05) is 26.9 Å². The van der Waals surface area contributed by atoms with Gasteiger partial charge in [-0.2, -0.15) is 0 Å². The molecule has 2 aliphatic rings. The Morgan fingerprint density at radius 1 is 1.12 bits per heavy atom. The Labute approximate surface area is 261 Å². The molecule has 0 spiro atoms. The third-order valence-electron chi connectivity index (χ3n) is 7.07. The van der Waals surface area contributed by atoms with Crippen molar-refractivity contribution in [2.45, 2.75) is 18.7 Å². The second kappa shape index (κ2) is 12.8. The van der Waals surface area contributed by atoms with E-state index in [4.69, 9.17) is 21.1 Å². The Balaban J connectivity index is 0.00000353. The van der Waals surface area contributed by atoms with Gasteiger partial charge in [0.05, 0.1) is 49.6 Å². The number of carbonyl (C=O) groups excluding carboxylic acids is 3. The van der Waals surface area contributed by atoms with E-state index in [1.54, 1.807) is 47.8 Å². The third kappa shape index (κ3) is 5.86. The Bertz CT molecular complexity index is 1610. The summed E-state index contributed by atoms with van der Waals surface area (Å²) in [5, 5.41) is 0.532. The fourth-order valence-electron chi connectivity index (χ4n) is 5.14. The number of H-pyrrole nitrogens is 1. The van der Waals surface area contributed by atoms with Gasteiger partial charge in [0.1, 0.15) is 12.1 Å². The number of amides is 2. The van der Waals surface area contributed by atoms with Crippen molar-refractivity contribution in [2.24, 2.45) is 0 Å². The molecule has 3 aromatic carbocycles. The van der Waals surface area contributed by atoms with E-state index in [9.17, 15) is 14.4 Å². The van der Waals surface area contributed by atoms with Gasteiger partial charge >= 0.3 is 0 Å². The third-order valence-corrected chi connectivity index (χ3v) is 7.80. The van der Waals surface area contributed by atoms with Crippen LogP contribution >= 0.6 is 39.9 Å². The summed E-state index contributed by atoms with van der Waals surface area (Å²) in [5.41, 5.74) is 3.58. The topological polar surface area (TPSA) is 105 Å². The number of nitrogens with zero attached hydrogens (tertiary/aromatic N) is 3. The lowest BCUT2D eigenvalue weighted by molar-refractivity contribution is -0.136. The molecule has 0 saturated carbocycles.